The molecular weight excluding hydrogens is 294 g/mol. The zero-order valence-electron chi connectivity index (χ0n) is 12.7. The molecule has 3 heteroatoms. The van der Waals surface area contributed by atoms with Gasteiger partial charge in [0.1, 0.15) is 0 Å². The highest BCUT2D eigenvalue weighted by atomic mass is 35.5. The Morgan fingerprint density at radius 3 is 2.50 bits per heavy atom. The van der Waals surface area contributed by atoms with Gasteiger partial charge in [-0.3, -0.25) is 4.79 Å². The van der Waals surface area contributed by atoms with Crippen molar-refractivity contribution in [2.24, 2.45) is 0 Å². The summed E-state index contributed by atoms with van der Waals surface area (Å²) in [5.74, 6) is 0.533. The molecule has 0 aliphatic heterocycles. The second kappa shape index (κ2) is 5.98. The second-order valence-electron chi connectivity index (χ2n) is 5.89. The first-order valence-electron chi connectivity index (χ1n) is 7.41. The number of carbonyl (C=O) groups excluding carboxylic acids is 1. The molecule has 3 rings (SSSR count). The Balaban J connectivity index is 1.98. The van der Waals surface area contributed by atoms with Crippen molar-refractivity contribution < 1.29 is 4.79 Å². The molecular formula is C19H18ClNO. The van der Waals surface area contributed by atoms with Crippen LogP contribution < -0.4 is 0 Å². The smallest absolute Gasteiger partial charge is 0.152 e. The van der Waals surface area contributed by atoms with Crippen LogP contribution in [0, 0.1) is 0 Å². The van der Waals surface area contributed by atoms with Crippen molar-refractivity contribution in [3.05, 3.63) is 70.4 Å². The third-order valence-electron chi connectivity index (χ3n) is 4.00. The molecule has 22 heavy (non-hydrogen) atoms. The average Bonchev–Trinajstić information content (AvgIpc) is 2.85. The average molecular weight is 312 g/mol. The summed E-state index contributed by atoms with van der Waals surface area (Å²) in [5.41, 5.74) is 4.26. The van der Waals surface area contributed by atoms with E-state index in [4.69, 9.17) is 11.6 Å². The van der Waals surface area contributed by atoms with E-state index < -0.39 is 0 Å². The summed E-state index contributed by atoms with van der Waals surface area (Å²) in [5, 5.41) is 1.55. The van der Waals surface area contributed by atoms with Crippen LogP contribution in [0.2, 0.25) is 5.02 Å². The molecule has 2 nitrogen and oxygen atoms in total. The van der Waals surface area contributed by atoms with Crippen LogP contribution in [0.5, 0.6) is 0 Å². The maximum atomic E-state index is 11.3. The minimum Gasteiger partial charge on any atom is -0.342 e. The van der Waals surface area contributed by atoms with E-state index in [0.29, 0.717) is 16.5 Å². The Labute approximate surface area is 135 Å². The monoisotopic (exact) mass is 311 g/mol. The molecule has 0 amide bonds. The molecule has 0 radical (unpaired) electrons. The Hall–Kier alpha value is -2.06. The molecule has 0 unspecified atom stereocenters. The van der Waals surface area contributed by atoms with Crippen molar-refractivity contribution in [1.29, 1.82) is 0 Å². The van der Waals surface area contributed by atoms with Crippen molar-refractivity contribution in [2.45, 2.75) is 26.3 Å². The molecule has 0 saturated carbocycles. The molecule has 0 atom stereocenters. The van der Waals surface area contributed by atoms with Crippen LogP contribution in [0.25, 0.3) is 10.9 Å². The predicted molar refractivity (Wildman–Crippen MR) is 92.0 cm³/mol. The lowest BCUT2D eigenvalue weighted by Gasteiger charge is -2.09. The fraction of sp³-hybridized carbons (Fsp3) is 0.211. The Morgan fingerprint density at radius 2 is 1.86 bits per heavy atom. The highest BCUT2D eigenvalue weighted by Gasteiger charge is 2.09. The molecule has 0 bridgehead atoms. The van der Waals surface area contributed by atoms with E-state index in [1.54, 1.807) is 0 Å². The van der Waals surface area contributed by atoms with E-state index in [-0.39, 0.29) is 0 Å². The zero-order valence-corrected chi connectivity index (χ0v) is 13.5. The van der Waals surface area contributed by atoms with Gasteiger partial charge < -0.3 is 4.57 Å². The van der Waals surface area contributed by atoms with Gasteiger partial charge in [0.25, 0.3) is 0 Å². The molecule has 3 aromatic rings. The van der Waals surface area contributed by atoms with E-state index in [9.17, 15) is 4.79 Å². The number of nitrogens with zero attached hydrogens (tertiary/aromatic N) is 1. The fourth-order valence-electron chi connectivity index (χ4n) is 2.73. The first-order chi connectivity index (χ1) is 10.6. The van der Waals surface area contributed by atoms with Gasteiger partial charge in [0, 0.05) is 34.2 Å². The predicted octanol–water partition coefficient (Wildman–Crippen LogP) is 5.28. The lowest BCUT2D eigenvalue weighted by molar-refractivity contribution is 0.112. The molecule has 1 aromatic heterocycles. The van der Waals surface area contributed by atoms with E-state index in [0.717, 1.165) is 23.7 Å². The lowest BCUT2D eigenvalue weighted by Crippen LogP contribution is -1.98. The third kappa shape index (κ3) is 2.79. The number of carbonyl (C=O) groups is 1. The van der Waals surface area contributed by atoms with Crippen molar-refractivity contribution >= 4 is 28.8 Å². The van der Waals surface area contributed by atoms with Gasteiger partial charge in [-0.25, -0.2) is 0 Å². The van der Waals surface area contributed by atoms with Gasteiger partial charge in [-0.15, -0.1) is 0 Å². The Morgan fingerprint density at radius 1 is 1.14 bits per heavy atom. The van der Waals surface area contributed by atoms with E-state index in [1.807, 2.05) is 24.4 Å². The first kappa shape index (κ1) is 14.9. The topological polar surface area (TPSA) is 22.0 Å². The quantitative estimate of drug-likeness (QED) is 0.601. The minimum atomic E-state index is 0.533. The number of halogens is 1. The molecule has 2 aromatic carbocycles. The second-order valence-corrected chi connectivity index (χ2v) is 6.32. The highest BCUT2D eigenvalue weighted by molar-refractivity contribution is 6.31. The van der Waals surface area contributed by atoms with Crippen LogP contribution in [0.1, 0.15) is 41.3 Å². The van der Waals surface area contributed by atoms with Gasteiger partial charge in [-0.1, -0.05) is 49.7 Å². The zero-order chi connectivity index (χ0) is 15.7. The number of rotatable bonds is 4. The normalized spacial score (nSPS) is 11.3. The number of hydrogen-bond donors (Lipinski definition) is 0. The maximum absolute atomic E-state index is 11.3. The van der Waals surface area contributed by atoms with Crippen LogP contribution in [0.4, 0.5) is 0 Å². The summed E-state index contributed by atoms with van der Waals surface area (Å²) < 4.78 is 2.10. The summed E-state index contributed by atoms with van der Waals surface area (Å²) in [4.78, 5) is 11.3. The number of aldehydes is 1. The number of hydrogen-bond acceptors (Lipinski definition) is 1. The summed E-state index contributed by atoms with van der Waals surface area (Å²) in [6.07, 6.45) is 2.78. The molecule has 0 N–H and O–H groups in total. The molecule has 1 heterocycles. The summed E-state index contributed by atoms with van der Waals surface area (Å²) in [6, 6.07) is 14.3. The van der Waals surface area contributed by atoms with Crippen LogP contribution in [-0.2, 0) is 6.54 Å². The van der Waals surface area contributed by atoms with Crippen molar-refractivity contribution in [3.8, 4) is 0 Å². The standard InChI is InChI=1S/C19H18ClNO/c1-13(2)15-5-3-14(4-6-15)10-21-11-16(12-22)18-9-17(20)7-8-19(18)21/h3-9,11-13H,10H2,1-2H3. The van der Waals surface area contributed by atoms with Gasteiger partial charge in [0.15, 0.2) is 6.29 Å². The maximum Gasteiger partial charge on any atom is 0.152 e. The summed E-state index contributed by atoms with van der Waals surface area (Å²) in [7, 11) is 0. The summed E-state index contributed by atoms with van der Waals surface area (Å²) >= 11 is 6.04. The van der Waals surface area contributed by atoms with Crippen LogP contribution in [0.15, 0.2) is 48.7 Å². The molecule has 0 saturated heterocycles. The van der Waals surface area contributed by atoms with Crippen molar-refractivity contribution in [1.82, 2.24) is 4.57 Å². The molecule has 112 valence electrons. The van der Waals surface area contributed by atoms with Gasteiger partial charge >= 0.3 is 0 Å². The van der Waals surface area contributed by atoms with E-state index >= 15 is 0 Å². The van der Waals surface area contributed by atoms with Gasteiger partial charge in [-0.05, 0) is 35.2 Å². The van der Waals surface area contributed by atoms with Crippen LogP contribution in [-0.4, -0.2) is 10.9 Å². The third-order valence-corrected chi connectivity index (χ3v) is 4.24. The number of fused-ring (bicyclic) bond motifs is 1. The van der Waals surface area contributed by atoms with E-state index in [1.165, 1.54) is 11.1 Å². The van der Waals surface area contributed by atoms with Crippen LogP contribution in [0.3, 0.4) is 0 Å². The molecule has 0 fully saturated rings. The minimum absolute atomic E-state index is 0.533. The number of aromatic nitrogens is 1. The molecule has 0 spiro atoms. The van der Waals surface area contributed by atoms with Crippen LogP contribution >= 0.6 is 11.6 Å². The largest absolute Gasteiger partial charge is 0.342 e. The summed E-state index contributed by atoms with van der Waals surface area (Å²) in [6.45, 7) is 5.12. The van der Waals surface area contributed by atoms with Gasteiger partial charge in [-0.2, -0.15) is 0 Å². The van der Waals surface area contributed by atoms with Crippen molar-refractivity contribution in [3.63, 3.8) is 0 Å². The SMILES string of the molecule is CC(C)c1ccc(Cn2cc(C=O)c3cc(Cl)ccc32)cc1. The fourth-order valence-corrected chi connectivity index (χ4v) is 2.90. The molecule has 0 aliphatic carbocycles. The van der Waals surface area contributed by atoms with Gasteiger partial charge in [0.2, 0.25) is 0 Å². The van der Waals surface area contributed by atoms with Crippen molar-refractivity contribution in [2.75, 3.05) is 0 Å². The van der Waals surface area contributed by atoms with E-state index in [2.05, 4.69) is 42.7 Å². The lowest BCUT2D eigenvalue weighted by atomic mass is 10.0. The first-order valence-corrected chi connectivity index (χ1v) is 7.78. The Kier molecular flexibility index (Phi) is 4.04. The highest BCUT2D eigenvalue weighted by Crippen LogP contribution is 2.25. The number of benzene rings is 2. The van der Waals surface area contributed by atoms with Gasteiger partial charge in [0.05, 0.1) is 0 Å². The molecule has 0 aliphatic rings. The Bertz CT molecular complexity index is 815.